The monoisotopic (exact) mass is 667 g/mol. The maximum atomic E-state index is 14.4. The Labute approximate surface area is 281 Å². The molecule has 1 aromatic carbocycles. The minimum absolute atomic E-state index is 0.00295. The number of aromatic nitrogens is 1. The zero-order chi connectivity index (χ0) is 34.1. The van der Waals surface area contributed by atoms with Crippen molar-refractivity contribution >= 4 is 45.9 Å². The number of allylic oxidation sites excluding steroid dienone is 2. The van der Waals surface area contributed by atoms with E-state index in [4.69, 9.17) is 25.8 Å². The van der Waals surface area contributed by atoms with Crippen LogP contribution >= 0.6 is 11.6 Å². The molecule has 1 aliphatic carbocycles. The third kappa shape index (κ3) is 7.58. The van der Waals surface area contributed by atoms with Gasteiger partial charge in [-0.3, -0.25) is 14.4 Å². The van der Waals surface area contributed by atoms with E-state index in [0.29, 0.717) is 41.3 Å². The summed E-state index contributed by atoms with van der Waals surface area (Å²) in [4.78, 5) is 60.7. The molecular weight excluding hydrogens is 622 g/mol. The summed E-state index contributed by atoms with van der Waals surface area (Å²) in [5, 5.41) is 4.69. The summed E-state index contributed by atoms with van der Waals surface area (Å²) in [5.41, 5.74) is -1.52. The van der Waals surface area contributed by atoms with Crippen molar-refractivity contribution in [3.05, 3.63) is 41.6 Å². The molecule has 6 atom stereocenters. The smallest absolute Gasteiger partial charge is 0.408 e. The SMILES string of the molecule is COc1cnc(O[C@H]2CN3C(=O)[C@@H](NC(=O)OC(C)(C)C)CCCCC/C=C\[C@@H]4C[C@@]4(C(C)=O)CC(=O)[C@@H]3[C@@H]2C)c2cc(Cl)ccc12. The van der Waals surface area contributed by atoms with Gasteiger partial charge >= 0.3 is 6.09 Å². The number of benzene rings is 1. The molecule has 0 unspecified atom stereocenters. The van der Waals surface area contributed by atoms with Gasteiger partial charge in [0, 0.05) is 33.5 Å². The zero-order valence-corrected chi connectivity index (χ0v) is 28.9. The lowest BCUT2D eigenvalue weighted by Crippen LogP contribution is -2.53. The lowest BCUT2D eigenvalue weighted by Gasteiger charge is -2.31. The van der Waals surface area contributed by atoms with Crippen molar-refractivity contribution in [2.45, 2.75) is 103 Å². The van der Waals surface area contributed by atoms with Crippen LogP contribution in [0.25, 0.3) is 10.8 Å². The van der Waals surface area contributed by atoms with Crippen LogP contribution in [0.2, 0.25) is 5.02 Å². The minimum atomic E-state index is -0.902. The van der Waals surface area contributed by atoms with Crippen LogP contribution in [0.15, 0.2) is 36.5 Å². The molecule has 3 heterocycles. The molecule has 47 heavy (non-hydrogen) atoms. The molecule has 1 saturated heterocycles. The number of nitrogens with one attached hydrogen (secondary N) is 1. The number of ether oxygens (including phenoxy) is 3. The Morgan fingerprint density at radius 2 is 1.89 bits per heavy atom. The highest BCUT2D eigenvalue weighted by molar-refractivity contribution is 6.31. The molecule has 2 amide bonds. The molecule has 2 aromatic rings. The summed E-state index contributed by atoms with van der Waals surface area (Å²) in [5.74, 6) is -0.165. The van der Waals surface area contributed by atoms with Crippen molar-refractivity contribution in [3.8, 4) is 11.6 Å². The second-order valence-electron chi connectivity index (χ2n) is 14.2. The van der Waals surface area contributed by atoms with Crippen molar-refractivity contribution in [1.29, 1.82) is 0 Å². The molecule has 0 spiro atoms. The Morgan fingerprint density at radius 1 is 1.13 bits per heavy atom. The van der Waals surface area contributed by atoms with E-state index in [-0.39, 0.29) is 36.4 Å². The molecule has 1 N–H and O–H groups in total. The summed E-state index contributed by atoms with van der Waals surface area (Å²) in [7, 11) is 1.56. The number of Topliss-reactive ketones (excluding diaryl/α,β-unsaturated/α-hetero) is 2. The third-order valence-electron chi connectivity index (χ3n) is 9.71. The molecule has 2 aliphatic heterocycles. The van der Waals surface area contributed by atoms with Crippen LogP contribution < -0.4 is 14.8 Å². The number of fused-ring (bicyclic) bond motifs is 3. The quantitative estimate of drug-likeness (QED) is 0.361. The van der Waals surface area contributed by atoms with E-state index < -0.39 is 41.2 Å². The Balaban J connectivity index is 1.50. The number of methoxy groups -OCH3 is 1. The van der Waals surface area contributed by atoms with Crippen molar-refractivity contribution < 1.29 is 33.4 Å². The Hall–Kier alpha value is -3.66. The number of alkyl carbamates (subject to hydrolysis) is 1. The van der Waals surface area contributed by atoms with Crippen LogP contribution in [0.1, 0.15) is 79.6 Å². The predicted molar refractivity (Wildman–Crippen MR) is 179 cm³/mol. The average molecular weight is 668 g/mol. The lowest BCUT2D eigenvalue weighted by atomic mass is 9.86. The standard InChI is InChI=1S/C36H46ClN3O7/c1-21-30(46-32-26-16-24(37)14-15-25(26)29(45-6)19-38-32)20-40-31(21)28(42)18-36(22(2)41)17-23(36)12-10-8-7-9-11-13-27(33(40)43)39-34(44)47-35(3,4)5/h10,12,14-16,19,21,23,27,30-31H,7-9,11,13,17-18,20H2,1-6H3,(H,39,44)/b12-10-/t21-,23-,27+,30+,31+,36+/m1/s1. The summed E-state index contributed by atoms with van der Waals surface area (Å²) >= 11 is 6.35. The second kappa shape index (κ2) is 13.8. The van der Waals surface area contributed by atoms with Gasteiger partial charge in [0.2, 0.25) is 11.8 Å². The van der Waals surface area contributed by atoms with Gasteiger partial charge in [-0.15, -0.1) is 0 Å². The lowest BCUT2D eigenvalue weighted by molar-refractivity contribution is -0.141. The van der Waals surface area contributed by atoms with E-state index in [1.807, 2.05) is 13.0 Å². The number of carbonyl (C=O) groups excluding carboxylic acids is 4. The summed E-state index contributed by atoms with van der Waals surface area (Å²) < 4.78 is 17.5. The summed E-state index contributed by atoms with van der Waals surface area (Å²) in [6.07, 6.45) is 8.81. The molecule has 1 saturated carbocycles. The van der Waals surface area contributed by atoms with Crippen LogP contribution in [0.5, 0.6) is 11.6 Å². The molecule has 11 heteroatoms. The number of halogens is 1. The highest BCUT2D eigenvalue weighted by atomic mass is 35.5. The Morgan fingerprint density at radius 3 is 2.60 bits per heavy atom. The van der Waals surface area contributed by atoms with Gasteiger partial charge in [-0.1, -0.05) is 43.5 Å². The maximum absolute atomic E-state index is 14.4. The number of nitrogens with zero attached hydrogens (tertiary/aromatic N) is 2. The number of rotatable bonds is 5. The number of pyridine rings is 1. The number of amides is 2. The number of carbonyl (C=O) groups is 4. The van der Waals surface area contributed by atoms with Crippen LogP contribution in [-0.2, 0) is 19.1 Å². The molecule has 3 aliphatic rings. The van der Waals surface area contributed by atoms with Gasteiger partial charge in [0.1, 0.15) is 29.3 Å². The molecule has 1 aromatic heterocycles. The first-order chi connectivity index (χ1) is 22.2. The van der Waals surface area contributed by atoms with Crippen LogP contribution in [-0.4, -0.2) is 70.9 Å². The Bertz CT molecular complexity index is 1570. The summed E-state index contributed by atoms with van der Waals surface area (Å²) in [6, 6.07) is 3.56. The first-order valence-electron chi connectivity index (χ1n) is 16.5. The first-order valence-corrected chi connectivity index (χ1v) is 16.9. The van der Waals surface area contributed by atoms with E-state index >= 15 is 0 Å². The molecule has 254 valence electrons. The van der Waals surface area contributed by atoms with E-state index in [1.165, 1.54) is 0 Å². The third-order valence-corrected chi connectivity index (χ3v) is 9.95. The van der Waals surface area contributed by atoms with E-state index in [0.717, 1.165) is 24.6 Å². The topological polar surface area (TPSA) is 124 Å². The Kier molecular flexibility index (Phi) is 10.2. The normalized spacial score (nSPS) is 29.2. The minimum Gasteiger partial charge on any atom is -0.494 e. The van der Waals surface area contributed by atoms with Crippen LogP contribution in [0.3, 0.4) is 0 Å². The fourth-order valence-electron chi connectivity index (χ4n) is 7.05. The first kappa shape index (κ1) is 34.7. The van der Waals surface area contributed by atoms with Crippen molar-refractivity contribution in [2.75, 3.05) is 13.7 Å². The zero-order valence-electron chi connectivity index (χ0n) is 28.1. The number of hydrogen-bond donors (Lipinski definition) is 1. The van der Waals surface area contributed by atoms with Gasteiger partial charge < -0.3 is 24.4 Å². The molecule has 2 fully saturated rings. The van der Waals surface area contributed by atoms with Crippen LogP contribution in [0.4, 0.5) is 4.79 Å². The average Bonchev–Trinajstić information content (AvgIpc) is 3.60. The van der Waals surface area contributed by atoms with Gasteiger partial charge in [-0.25, -0.2) is 9.78 Å². The van der Waals surface area contributed by atoms with Crippen molar-refractivity contribution in [1.82, 2.24) is 15.2 Å². The maximum Gasteiger partial charge on any atom is 0.408 e. The highest BCUT2D eigenvalue weighted by Crippen LogP contribution is 2.57. The van der Waals surface area contributed by atoms with Crippen molar-refractivity contribution in [3.63, 3.8) is 0 Å². The van der Waals surface area contributed by atoms with Crippen LogP contribution in [0, 0.1) is 17.3 Å². The van der Waals surface area contributed by atoms with Gasteiger partial charge in [0.05, 0.1) is 25.9 Å². The van der Waals surface area contributed by atoms with Gasteiger partial charge in [0.15, 0.2) is 5.78 Å². The largest absolute Gasteiger partial charge is 0.494 e. The number of hydrogen-bond acceptors (Lipinski definition) is 8. The predicted octanol–water partition coefficient (Wildman–Crippen LogP) is 6.46. The number of ketones is 2. The van der Waals surface area contributed by atoms with Gasteiger partial charge in [0.25, 0.3) is 0 Å². The molecule has 0 bridgehead atoms. The fourth-order valence-corrected chi connectivity index (χ4v) is 7.23. The van der Waals surface area contributed by atoms with Gasteiger partial charge in [-0.2, -0.15) is 0 Å². The van der Waals surface area contributed by atoms with E-state index in [9.17, 15) is 19.2 Å². The molecule has 0 radical (unpaired) electrons. The fraction of sp³-hybridized carbons (Fsp3) is 0.583. The molecule has 10 nitrogen and oxygen atoms in total. The van der Waals surface area contributed by atoms with E-state index in [1.54, 1.807) is 58.0 Å². The van der Waals surface area contributed by atoms with E-state index in [2.05, 4.69) is 22.5 Å². The highest BCUT2D eigenvalue weighted by Gasteiger charge is 2.59. The molecular formula is C36H46ClN3O7. The summed E-state index contributed by atoms with van der Waals surface area (Å²) in [6.45, 7) is 8.81. The molecule has 5 rings (SSSR count). The van der Waals surface area contributed by atoms with Crippen molar-refractivity contribution in [2.24, 2.45) is 17.3 Å². The van der Waals surface area contributed by atoms with Gasteiger partial charge in [-0.05, 0) is 77.5 Å². The second-order valence-corrected chi connectivity index (χ2v) is 14.6.